The van der Waals surface area contributed by atoms with E-state index in [0.717, 1.165) is 35.6 Å². The molecule has 2 rings (SSSR count). The zero-order valence-corrected chi connectivity index (χ0v) is 11.3. The maximum absolute atomic E-state index is 6.07. The van der Waals surface area contributed by atoms with E-state index in [9.17, 15) is 0 Å². The van der Waals surface area contributed by atoms with Crippen molar-refractivity contribution in [3.8, 4) is 5.75 Å². The van der Waals surface area contributed by atoms with E-state index in [4.69, 9.17) is 22.1 Å². The van der Waals surface area contributed by atoms with Crippen LogP contribution in [0.15, 0.2) is 18.2 Å². The normalized spacial score (nSPS) is 16.7. The summed E-state index contributed by atoms with van der Waals surface area (Å²) in [6, 6.07) is 5.80. The van der Waals surface area contributed by atoms with E-state index in [0.29, 0.717) is 6.10 Å². The van der Waals surface area contributed by atoms with Crippen molar-refractivity contribution in [2.45, 2.75) is 51.2 Å². The lowest BCUT2D eigenvalue weighted by Crippen LogP contribution is -2.35. The van der Waals surface area contributed by atoms with Gasteiger partial charge in [-0.15, -0.1) is 0 Å². The van der Waals surface area contributed by atoms with Crippen LogP contribution >= 0.6 is 11.6 Å². The van der Waals surface area contributed by atoms with Crippen molar-refractivity contribution in [3.05, 3.63) is 28.8 Å². The van der Waals surface area contributed by atoms with Crippen LogP contribution in [0.25, 0.3) is 0 Å². The van der Waals surface area contributed by atoms with Gasteiger partial charge in [-0.2, -0.15) is 0 Å². The van der Waals surface area contributed by atoms with Crippen LogP contribution in [0.1, 0.15) is 38.7 Å². The molecule has 1 fully saturated rings. The molecule has 1 saturated carbocycles. The maximum atomic E-state index is 6.07. The number of hydrogen-bond donors (Lipinski definition) is 1. The first-order valence-corrected chi connectivity index (χ1v) is 6.56. The summed E-state index contributed by atoms with van der Waals surface area (Å²) in [6.07, 6.45) is 4.75. The lowest BCUT2D eigenvalue weighted by Gasteiger charge is -2.28. The molecular weight excluding hydrogens is 234 g/mol. The zero-order valence-electron chi connectivity index (χ0n) is 10.5. The highest BCUT2D eigenvalue weighted by Gasteiger charge is 2.22. The molecule has 0 heterocycles. The minimum Gasteiger partial charge on any atom is -0.490 e. The highest BCUT2D eigenvalue weighted by atomic mass is 35.5. The van der Waals surface area contributed by atoms with Gasteiger partial charge in [-0.1, -0.05) is 11.6 Å². The number of halogens is 1. The summed E-state index contributed by atoms with van der Waals surface area (Å²) in [7, 11) is 0. The number of benzene rings is 1. The molecule has 3 heteroatoms. The largest absolute Gasteiger partial charge is 0.490 e. The van der Waals surface area contributed by atoms with E-state index in [1.165, 1.54) is 6.42 Å². The lowest BCUT2D eigenvalue weighted by molar-refractivity contribution is 0.118. The minimum absolute atomic E-state index is 0.248. The van der Waals surface area contributed by atoms with E-state index in [2.05, 4.69) is 0 Å². The average molecular weight is 254 g/mol. The van der Waals surface area contributed by atoms with Gasteiger partial charge < -0.3 is 10.5 Å². The molecule has 2 N–H and O–H groups in total. The van der Waals surface area contributed by atoms with Gasteiger partial charge in [-0.25, -0.2) is 0 Å². The van der Waals surface area contributed by atoms with Gasteiger partial charge in [0.2, 0.25) is 0 Å². The van der Waals surface area contributed by atoms with Gasteiger partial charge in [0.15, 0.2) is 0 Å². The average Bonchev–Trinajstić information content (AvgIpc) is 2.11. The Morgan fingerprint density at radius 1 is 1.41 bits per heavy atom. The summed E-state index contributed by atoms with van der Waals surface area (Å²) in [5.74, 6) is 0.942. The molecular formula is C14H20ClNO. The molecule has 94 valence electrons. The summed E-state index contributed by atoms with van der Waals surface area (Å²) in [5, 5.41) is 0.741. The van der Waals surface area contributed by atoms with Gasteiger partial charge in [0.25, 0.3) is 0 Å². The molecule has 0 atom stereocenters. The van der Waals surface area contributed by atoms with Crippen LogP contribution in [-0.4, -0.2) is 11.6 Å². The van der Waals surface area contributed by atoms with Crippen LogP contribution in [0.5, 0.6) is 5.75 Å². The number of hydrogen-bond acceptors (Lipinski definition) is 2. The van der Waals surface area contributed by atoms with Crippen LogP contribution in [0.3, 0.4) is 0 Å². The van der Waals surface area contributed by atoms with E-state index < -0.39 is 0 Å². The smallest absolute Gasteiger partial charge is 0.123 e. The van der Waals surface area contributed by atoms with Crippen LogP contribution in [0.2, 0.25) is 5.02 Å². The fourth-order valence-electron chi connectivity index (χ4n) is 1.96. The molecule has 0 aliphatic heterocycles. The van der Waals surface area contributed by atoms with Crippen molar-refractivity contribution in [1.82, 2.24) is 0 Å². The van der Waals surface area contributed by atoms with Crippen molar-refractivity contribution in [2.24, 2.45) is 5.73 Å². The molecule has 0 aromatic heterocycles. The van der Waals surface area contributed by atoms with E-state index in [1.807, 2.05) is 32.0 Å². The quantitative estimate of drug-likeness (QED) is 0.891. The van der Waals surface area contributed by atoms with E-state index in [1.54, 1.807) is 0 Å². The molecule has 0 bridgehead atoms. The third-order valence-electron chi connectivity index (χ3n) is 3.01. The highest BCUT2D eigenvalue weighted by Crippen LogP contribution is 2.31. The molecule has 0 saturated heterocycles. The summed E-state index contributed by atoms with van der Waals surface area (Å²) >= 11 is 6.03. The van der Waals surface area contributed by atoms with Gasteiger partial charge in [-0.3, -0.25) is 0 Å². The lowest BCUT2D eigenvalue weighted by atomic mass is 9.94. The van der Waals surface area contributed by atoms with E-state index in [-0.39, 0.29) is 5.54 Å². The van der Waals surface area contributed by atoms with Gasteiger partial charge in [0.05, 0.1) is 6.10 Å². The van der Waals surface area contributed by atoms with Crippen molar-refractivity contribution < 1.29 is 4.74 Å². The Hall–Kier alpha value is -0.730. The first kappa shape index (κ1) is 12.7. The molecule has 0 radical (unpaired) electrons. The molecule has 1 aliphatic rings. The Balaban J connectivity index is 2.17. The fraction of sp³-hybridized carbons (Fsp3) is 0.571. The Kier molecular flexibility index (Phi) is 3.64. The Morgan fingerprint density at radius 3 is 2.65 bits per heavy atom. The molecule has 1 aromatic rings. The third-order valence-corrected chi connectivity index (χ3v) is 3.25. The molecule has 0 spiro atoms. The minimum atomic E-state index is -0.248. The monoisotopic (exact) mass is 253 g/mol. The number of ether oxygens (including phenoxy) is 1. The molecule has 2 nitrogen and oxygen atoms in total. The Morgan fingerprint density at radius 2 is 2.12 bits per heavy atom. The second-order valence-corrected chi connectivity index (χ2v) is 6.02. The molecule has 0 unspecified atom stereocenters. The van der Waals surface area contributed by atoms with Crippen LogP contribution in [-0.2, 0) is 6.42 Å². The number of nitrogens with two attached hydrogens (primary N) is 1. The van der Waals surface area contributed by atoms with Crippen molar-refractivity contribution in [1.29, 1.82) is 0 Å². The molecule has 1 aliphatic carbocycles. The predicted molar refractivity (Wildman–Crippen MR) is 71.7 cm³/mol. The van der Waals surface area contributed by atoms with Crippen molar-refractivity contribution in [2.75, 3.05) is 0 Å². The van der Waals surface area contributed by atoms with Gasteiger partial charge in [0.1, 0.15) is 5.75 Å². The van der Waals surface area contributed by atoms with Gasteiger partial charge in [-0.05, 0) is 63.3 Å². The highest BCUT2D eigenvalue weighted by molar-refractivity contribution is 6.30. The second-order valence-electron chi connectivity index (χ2n) is 5.59. The Bertz CT molecular complexity index is 394. The summed E-state index contributed by atoms with van der Waals surface area (Å²) in [5.41, 5.74) is 6.93. The molecule has 17 heavy (non-hydrogen) atoms. The first-order chi connectivity index (χ1) is 7.94. The summed E-state index contributed by atoms with van der Waals surface area (Å²) in [4.78, 5) is 0. The maximum Gasteiger partial charge on any atom is 0.123 e. The second kappa shape index (κ2) is 4.87. The van der Waals surface area contributed by atoms with Crippen LogP contribution < -0.4 is 10.5 Å². The zero-order chi connectivity index (χ0) is 12.5. The van der Waals surface area contributed by atoms with Crippen LogP contribution in [0.4, 0.5) is 0 Å². The van der Waals surface area contributed by atoms with Crippen molar-refractivity contribution >= 4 is 11.6 Å². The fourth-order valence-corrected chi connectivity index (χ4v) is 2.15. The summed E-state index contributed by atoms with van der Waals surface area (Å²) < 4.78 is 5.97. The Labute approximate surface area is 108 Å². The topological polar surface area (TPSA) is 35.2 Å². The van der Waals surface area contributed by atoms with Crippen LogP contribution in [0, 0.1) is 0 Å². The van der Waals surface area contributed by atoms with Gasteiger partial charge in [0, 0.05) is 10.6 Å². The van der Waals surface area contributed by atoms with Gasteiger partial charge >= 0.3 is 0 Å². The number of rotatable bonds is 4. The third kappa shape index (κ3) is 3.62. The predicted octanol–water partition coefficient (Wildman–Crippen LogP) is 3.55. The standard InChI is InChI=1S/C14H20ClNO/c1-14(2,16)9-10-8-11(15)6-7-13(10)17-12-4-3-5-12/h6-8,12H,3-5,9,16H2,1-2H3. The first-order valence-electron chi connectivity index (χ1n) is 6.18. The van der Waals surface area contributed by atoms with E-state index >= 15 is 0 Å². The van der Waals surface area contributed by atoms with Crippen molar-refractivity contribution in [3.63, 3.8) is 0 Å². The summed E-state index contributed by atoms with van der Waals surface area (Å²) in [6.45, 7) is 4.03. The molecule has 1 aromatic carbocycles. The SMILES string of the molecule is CC(C)(N)Cc1cc(Cl)ccc1OC1CCC1. The molecule has 0 amide bonds.